The summed E-state index contributed by atoms with van der Waals surface area (Å²) in [6, 6.07) is 8.98. The third-order valence-electron chi connectivity index (χ3n) is 8.45. The van der Waals surface area contributed by atoms with Crippen LogP contribution < -0.4 is 0 Å². The summed E-state index contributed by atoms with van der Waals surface area (Å²) < 4.78 is 51.4. The van der Waals surface area contributed by atoms with E-state index in [1.54, 1.807) is 30.3 Å². The van der Waals surface area contributed by atoms with Crippen LogP contribution in [0.5, 0.6) is 0 Å². The first-order valence-corrected chi connectivity index (χ1v) is 16.0. The van der Waals surface area contributed by atoms with E-state index in [1.807, 2.05) is 6.07 Å². The minimum Gasteiger partial charge on any atom is -0.472 e. The van der Waals surface area contributed by atoms with Crippen molar-refractivity contribution in [2.45, 2.75) is 96.7 Å². The van der Waals surface area contributed by atoms with Crippen molar-refractivity contribution in [1.82, 2.24) is 0 Å². The Morgan fingerprint density at radius 1 is 0.804 bits per heavy atom. The number of ether oxygens (including phenoxy) is 9. The normalized spacial score (nSPS) is 31.2. The monoisotopic (exact) mass is 716 g/mol. The Morgan fingerprint density at radius 3 is 2.02 bits per heavy atom. The molecule has 0 unspecified atom stereocenters. The molecule has 3 aliphatic rings. The summed E-state index contributed by atoms with van der Waals surface area (Å²) >= 11 is 0. The van der Waals surface area contributed by atoms with Gasteiger partial charge in [0, 0.05) is 52.2 Å². The van der Waals surface area contributed by atoms with Crippen LogP contribution in [-0.4, -0.2) is 97.4 Å². The molecule has 4 rings (SSSR count). The van der Waals surface area contributed by atoms with Crippen LogP contribution in [-0.2, 0) is 76.2 Å². The molecule has 2 fully saturated rings. The molecule has 0 amide bonds. The molecule has 2 aliphatic heterocycles. The van der Waals surface area contributed by atoms with E-state index in [0.717, 1.165) is 46.4 Å². The smallest absolute Gasteiger partial charge is 0.331 e. The maximum absolute atomic E-state index is 13.0. The minimum atomic E-state index is -1.67. The van der Waals surface area contributed by atoms with E-state index < -0.39 is 103 Å². The van der Waals surface area contributed by atoms with Crippen LogP contribution in [0.15, 0.2) is 48.2 Å². The molecule has 276 valence electrons. The number of esters is 6. The Morgan fingerprint density at radius 2 is 1.43 bits per heavy atom. The molecule has 51 heavy (non-hydrogen) atoms. The summed E-state index contributed by atoms with van der Waals surface area (Å²) in [7, 11) is 0. The molecular formula is C35H40O16. The lowest BCUT2D eigenvalue weighted by Gasteiger charge is -2.47. The molecule has 0 spiro atoms. The van der Waals surface area contributed by atoms with Gasteiger partial charge in [-0.3, -0.25) is 28.8 Å². The summed E-state index contributed by atoms with van der Waals surface area (Å²) in [5.74, 6) is -6.54. The predicted octanol–water partition coefficient (Wildman–Crippen LogP) is 2.11. The Kier molecular flexibility index (Phi) is 12.7. The topological polar surface area (TPSA) is 203 Å². The third-order valence-corrected chi connectivity index (χ3v) is 8.45. The average molecular weight is 717 g/mol. The number of benzene rings is 1. The van der Waals surface area contributed by atoms with Gasteiger partial charge in [0.25, 0.3) is 0 Å². The molecular weight excluding hydrogens is 676 g/mol. The quantitative estimate of drug-likeness (QED) is 0.132. The second-order valence-electron chi connectivity index (χ2n) is 12.3. The molecule has 1 saturated carbocycles. The van der Waals surface area contributed by atoms with Crippen molar-refractivity contribution in [2.75, 3.05) is 6.61 Å². The Hall–Kier alpha value is -5.09. The lowest BCUT2D eigenvalue weighted by atomic mass is 9.81. The predicted molar refractivity (Wildman–Crippen MR) is 169 cm³/mol. The second-order valence-corrected chi connectivity index (χ2v) is 12.3. The average Bonchev–Trinajstić information content (AvgIpc) is 3.32. The van der Waals surface area contributed by atoms with E-state index in [0.29, 0.717) is 6.29 Å². The molecule has 10 atom stereocenters. The molecule has 16 heteroatoms. The molecule has 1 aromatic rings. The van der Waals surface area contributed by atoms with Crippen LogP contribution in [0.3, 0.4) is 0 Å². The molecule has 1 saturated heterocycles. The van der Waals surface area contributed by atoms with Gasteiger partial charge in [-0.1, -0.05) is 30.3 Å². The van der Waals surface area contributed by atoms with Crippen LogP contribution in [0.4, 0.5) is 0 Å². The number of fused-ring (bicyclic) bond motifs is 1. The minimum absolute atomic E-state index is 0.00568. The van der Waals surface area contributed by atoms with Gasteiger partial charge in [0.05, 0.1) is 12.2 Å². The highest BCUT2D eigenvalue weighted by Crippen LogP contribution is 2.52. The molecule has 0 bridgehead atoms. The summed E-state index contributed by atoms with van der Waals surface area (Å²) in [5, 5.41) is 0. The first-order valence-electron chi connectivity index (χ1n) is 16.0. The number of carbonyl (C=O) groups is 7. The zero-order valence-corrected chi connectivity index (χ0v) is 28.8. The summed E-state index contributed by atoms with van der Waals surface area (Å²) in [5.41, 5.74) is -0.786. The van der Waals surface area contributed by atoms with Gasteiger partial charge in [-0.15, -0.1) is 0 Å². The maximum atomic E-state index is 13.0. The number of hydrogen-bond donors (Lipinski definition) is 0. The van der Waals surface area contributed by atoms with Crippen LogP contribution in [0.25, 0.3) is 6.08 Å². The molecule has 0 radical (unpaired) electrons. The van der Waals surface area contributed by atoms with Crippen molar-refractivity contribution < 1.29 is 76.2 Å². The number of aldehydes is 1. The van der Waals surface area contributed by atoms with Gasteiger partial charge in [-0.2, -0.15) is 0 Å². The maximum Gasteiger partial charge on any atom is 0.331 e. The van der Waals surface area contributed by atoms with Crippen LogP contribution in [0.2, 0.25) is 0 Å². The highest BCUT2D eigenvalue weighted by atomic mass is 16.8. The fourth-order valence-corrected chi connectivity index (χ4v) is 6.53. The van der Waals surface area contributed by atoms with E-state index in [9.17, 15) is 33.6 Å². The summed E-state index contributed by atoms with van der Waals surface area (Å²) in [4.78, 5) is 86.2. The van der Waals surface area contributed by atoms with Crippen molar-refractivity contribution in [3.8, 4) is 0 Å². The van der Waals surface area contributed by atoms with Gasteiger partial charge < -0.3 is 42.6 Å². The largest absolute Gasteiger partial charge is 0.472 e. The van der Waals surface area contributed by atoms with Crippen molar-refractivity contribution in [1.29, 1.82) is 0 Å². The first kappa shape index (κ1) is 38.7. The van der Waals surface area contributed by atoms with Crippen LogP contribution >= 0.6 is 0 Å². The Balaban J connectivity index is 1.72. The van der Waals surface area contributed by atoms with Crippen LogP contribution in [0, 0.1) is 11.8 Å². The fourth-order valence-electron chi connectivity index (χ4n) is 6.53. The molecule has 1 aromatic carbocycles. The van der Waals surface area contributed by atoms with Gasteiger partial charge in [0.2, 0.25) is 12.6 Å². The molecule has 0 N–H and O–H groups in total. The second kappa shape index (κ2) is 16.7. The number of hydrogen-bond acceptors (Lipinski definition) is 16. The summed E-state index contributed by atoms with van der Waals surface area (Å²) in [6.07, 6.45) is -5.69. The van der Waals surface area contributed by atoms with E-state index in [1.165, 1.54) is 13.0 Å². The molecule has 2 heterocycles. The molecule has 16 nitrogen and oxygen atoms in total. The Labute approximate surface area is 293 Å². The van der Waals surface area contributed by atoms with Crippen molar-refractivity contribution in [2.24, 2.45) is 11.8 Å². The Bertz CT molecular complexity index is 1550. The van der Waals surface area contributed by atoms with E-state index in [4.69, 9.17) is 42.6 Å². The van der Waals surface area contributed by atoms with E-state index >= 15 is 0 Å². The van der Waals surface area contributed by atoms with Gasteiger partial charge in [0.1, 0.15) is 25.1 Å². The molecule has 1 aliphatic carbocycles. The molecule has 0 aromatic heterocycles. The highest BCUT2D eigenvalue weighted by molar-refractivity contribution is 5.87. The number of carbonyl (C=O) groups excluding carboxylic acids is 7. The fraction of sp³-hybridized carbons (Fsp3) is 0.514. The highest BCUT2D eigenvalue weighted by Gasteiger charge is 2.64. The van der Waals surface area contributed by atoms with Gasteiger partial charge >= 0.3 is 35.8 Å². The number of allylic oxidation sites excluding steroid dienone is 1. The SMILES string of the molecule is CC(=O)OC[C@H]1O[C@@H](O[C@@H]2OC=C(C=O)[C@H]3C[C@H](OC(=O)/C=C/c4ccccc4)[C@](C)(OC(C)=O)[C@@H]23)[C@H](OC(C)=O)[C@@H](OC(C)=O)[C@@H]1OC(C)=O. The zero-order chi connectivity index (χ0) is 37.5. The lowest BCUT2D eigenvalue weighted by Crippen LogP contribution is -2.64. The van der Waals surface area contributed by atoms with E-state index in [-0.39, 0.29) is 12.0 Å². The van der Waals surface area contributed by atoms with Crippen molar-refractivity contribution in [3.63, 3.8) is 0 Å². The van der Waals surface area contributed by atoms with Crippen molar-refractivity contribution >= 4 is 48.2 Å². The van der Waals surface area contributed by atoms with Gasteiger partial charge in [0.15, 0.2) is 23.9 Å². The van der Waals surface area contributed by atoms with Gasteiger partial charge in [-0.25, -0.2) is 4.79 Å². The van der Waals surface area contributed by atoms with Crippen LogP contribution in [0.1, 0.15) is 53.5 Å². The first-order chi connectivity index (χ1) is 24.1. The van der Waals surface area contributed by atoms with E-state index in [2.05, 4.69) is 0 Å². The number of rotatable bonds is 12. The zero-order valence-electron chi connectivity index (χ0n) is 28.8. The van der Waals surface area contributed by atoms with Crippen molar-refractivity contribution in [3.05, 3.63) is 53.8 Å². The third kappa shape index (κ3) is 9.58. The lowest BCUT2D eigenvalue weighted by molar-refractivity contribution is -0.349. The van der Waals surface area contributed by atoms with Gasteiger partial charge in [-0.05, 0) is 25.0 Å². The summed E-state index contributed by atoms with van der Waals surface area (Å²) in [6.45, 7) is 6.50. The standard InChI is InChI=1S/C35H40O16/c1-18(37)43-17-26-30(45-19(2)38)31(46-20(3)39)32(47-21(4)40)34(48-26)50-33-29-25(24(15-36)16-44-33)14-27(35(29,6)51-22(5)41)49-28(42)13-12-23-10-8-7-9-11-23/h7-13,15-16,25-27,29-34H,14,17H2,1-6H3/b13-12+/t25-,26-,27+,29-,30-,31+,32-,33+,34+,35+/m1/s1.